The normalized spacial score (nSPS) is 17.3. The first-order valence-electron chi connectivity index (χ1n) is 6.81. The third-order valence-corrected chi connectivity index (χ3v) is 4.03. The lowest BCUT2D eigenvalue weighted by Gasteiger charge is -2.30. The van der Waals surface area contributed by atoms with Crippen molar-refractivity contribution in [1.82, 2.24) is 4.90 Å². The molecule has 19 heavy (non-hydrogen) atoms. The van der Waals surface area contributed by atoms with Crippen molar-refractivity contribution >= 4 is 21.8 Å². The van der Waals surface area contributed by atoms with Gasteiger partial charge in [-0.15, -0.1) is 0 Å². The molecule has 4 heteroatoms. The molecule has 1 aromatic carbocycles. The molecule has 1 amide bonds. The molecule has 1 fully saturated rings. The minimum Gasteiger partial charge on any atom is -0.378 e. The van der Waals surface area contributed by atoms with Crippen LogP contribution in [0.15, 0.2) is 28.7 Å². The van der Waals surface area contributed by atoms with E-state index in [1.807, 2.05) is 17.0 Å². The molecule has 0 aliphatic carbocycles. The average Bonchev–Trinajstić information content (AvgIpc) is 2.45. The number of amides is 1. The smallest absolute Gasteiger partial charge is 0.226 e. The lowest BCUT2D eigenvalue weighted by atomic mass is 9.95. The van der Waals surface area contributed by atoms with Crippen LogP contribution in [0, 0.1) is 5.92 Å². The number of ether oxygens (including phenoxy) is 1. The number of morpholine rings is 1. The third-order valence-electron chi connectivity index (χ3n) is 3.54. The fourth-order valence-electron chi connectivity index (χ4n) is 2.40. The van der Waals surface area contributed by atoms with Crippen molar-refractivity contribution < 1.29 is 9.53 Å². The number of rotatable bonds is 4. The van der Waals surface area contributed by atoms with Crippen LogP contribution in [0.3, 0.4) is 0 Å². The quantitative estimate of drug-likeness (QED) is 0.851. The molecule has 3 nitrogen and oxygen atoms in total. The molecule has 104 valence electrons. The summed E-state index contributed by atoms with van der Waals surface area (Å²) in [6.07, 6.45) is 1.69. The van der Waals surface area contributed by atoms with E-state index in [0.717, 1.165) is 30.4 Å². The highest BCUT2D eigenvalue weighted by Crippen LogP contribution is 2.19. The zero-order valence-electron chi connectivity index (χ0n) is 11.3. The van der Waals surface area contributed by atoms with Gasteiger partial charge in [-0.1, -0.05) is 35.0 Å². The Hall–Kier alpha value is -0.870. The highest BCUT2D eigenvalue weighted by atomic mass is 79.9. The van der Waals surface area contributed by atoms with Crippen molar-refractivity contribution in [1.29, 1.82) is 0 Å². The molecule has 0 aromatic heterocycles. The molecule has 1 aliphatic rings. The Balaban J connectivity index is 2.00. The number of halogens is 1. The average molecular weight is 326 g/mol. The van der Waals surface area contributed by atoms with Crippen LogP contribution in [0.25, 0.3) is 0 Å². The summed E-state index contributed by atoms with van der Waals surface area (Å²) < 4.78 is 6.37. The predicted molar refractivity (Wildman–Crippen MR) is 79.0 cm³/mol. The van der Waals surface area contributed by atoms with Gasteiger partial charge in [0, 0.05) is 23.5 Å². The predicted octanol–water partition coefficient (Wildman–Crippen LogP) is 2.88. The molecular formula is C15H20BrNO2. The van der Waals surface area contributed by atoms with Crippen LogP contribution in [0.5, 0.6) is 0 Å². The van der Waals surface area contributed by atoms with E-state index in [4.69, 9.17) is 4.74 Å². The zero-order valence-corrected chi connectivity index (χ0v) is 12.9. The van der Waals surface area contributed by atoms with Crippen molar-refractivity contribution in [2.75, 3.05) is 26.3 Å². The molecule has 0 bridgehead atoms. The summed E-state index contributed by atoms with van der Waals surface area (Å²) in [5, 5.41) is 0. The van der Waals surface area contributed by atoms with Gasteiger partial charge in [0.2, 0.25) is 5.91 Å². The minimum absolute atomic E-state index is 0.0763. The van der Waals surface area contributed by atoms with Crippen molar-refractivity contribution in [2.45, 2.75) is 19.8 Å². The maximum absolute atomic E-state index is 12.5. The van der Waals surface area contributed by atoms with Gasteiger partial charge in [0.25, 0.3) is 0 Å². The summed E-state index contributed by atoms with van der Waals surface area (Å²) in [6, 6.07) is 8.20. The number of carbonyl (C=O) groups excluding carboxylic acids is 1. The second-order valence-corrected chi connectivity index (χ2v) is 5.79. The van der Waals surface area contributed by atoms with E-state index in [9.17, 15) is 4.79 Å². The lowest BCUT2D eigenvalue weighted by Crippen LogP contribution is -2.44. The molecule has 1 aromatic rings. The summed E-state index contributed by atoms with van der Waals surface area (Å²) in [5.74, 6) is 0.346. The van der Waals surface area contributed by atoms with E-state index in [2.05, 4.69) is 35.0 Å². The molecule has 1 heterocycles. The molecule has 0 unspecified atom stereocenters. The van der Waals surface area contributed by atoms with Crippen LogP contribution in [0.4, 0.5) is 0 Å². The summed E-state index contributed by atoms with van der Waals surface area (Å²) >= 11 is 3.48. The van der Waals surface area contributed by atoms with E-state index in [-0.39, 0.29) is 11.8 Å². The van der Waals surface area contributed by atoms with Crippen molar-refractivity contribution in [3.05, 3.63) is 34.3 Å². The molecule has 2 rings (SSSR count). The Labute approximate surface area is 123 Å². The van der Waals surface area contributed by atoms with E-state index < -0.39 is 0 Å². The van der Waals surface area contributed by atoms with Crippen molar-refractivity contribution in [2.24, 2.45) is 5.92 Å². The van der Waals surface area contributed by atoms with Gasteiger partial charge in [0.05, 0.1) is 13.2 Å². The molecule has 0 saturated carbocycles. The van der Waals surface area contributed by atoms with Gasteiger partial charge in [-0.05, 0) is 30.5 Å². The van der Waals surface area contributed by atoms with Crippen molar-refractivity contribution in [3.63, 3.8) is 0 Å². The van der Waals surface area contributed by atoms with Crippen LogP contribution in [-0.2, 0) is 16.0 Å². The maximum atomic E-state index is 12.5. The third kappa shape index (κ3) is 4.05. The number of hydrogen-bond acceptors (Lipinski definition) is 2. The second-order valence-electron chi connectivity index (χ2n) is 4.88. The molecule has 1 atom stereocenters. The van der Waals surface area contributed by atoms with E-state index in [0.29, 0.717) is 13.2 Å². The number of nitrogens with zero attached hydrogens (tertiary/aromatic N) is 1. The van der Waals surface area contributed by atoms with Gasteiger partial charge in [0.15, 0.2) is 0 Å². The number of benzene rings is 1. The summed E-state index contributed by atoms with van der Waals surface area (Å²) in [7, 11) is 0. The van der Waals surface area contributed by atoms with Gasteiger partial charge in [-0.25, -0.2) is 0 Å². The second kappa shape index (κ2) is 7.06. The lowest BCUT2D eigenvalue weighted by molar-refractivity contribution is -0.139. The highest BCUT2D eigenvalue weighted by Gasteiger charge is 2.24. The van der Waals surface area contributed by atoms with E-state index in [1.54, 1.807) is 0 Å². The van der Waals surface area contributed by atoms with Crippen molar-refractivity contribution in [3.8, 4) is 0 Å². The Bertz CT molecular complexity index is 430. The fraction of sp³-hybridized carbons (Fsp3) is 0.533. The largest absolute Gasteiger partial charge is 0.378 e. The van der Waals surface area contributed by atoms with Crippen LogP contribution in [-0.4, -0.2) is 37.1 Å². The van der Waals surface area contributed by atoms with E-state index >= 15 is 0 Å². The van der Waals surface area contributed by atoms with Gasteiger partial charge in [-0.2, -0.15) is 0 Å². The summed E-state index contributed by atoms with van der Waals surface area (Å²) in [6.45, 7) is 4.88. The monoisotopic (exact) mass is 325 g/mol. The summed E-state index contributed by atoms with van der Waals surface area (Å²) in [4.78, 5) is 14.4. The molecule has 1 saturated heterocycles. The standard InChI is InChI=1S/C15H20BrNO2/c1-2-13(10-12-4-3-5-14(16)11-12)15(18)17-6-8-19-9-7-17/h3-5,11,13H,2,6-10H2,1H3/t13-/m1/s1. The molecule has 0 spiro atoms. The Morgan fingerprint density at radius 2 is 2.16 bits per heavy atom. The Morgan fingerprint density at radius 1 is 1.42 bits per heavy atom. The van der Waals surface area contributed by atoms with Crippen LogP contribution < -0.4 is 0 Å². The summed E-state index contributed by atoms with van der Waals surface area (Å²) in [5.41, 5.74) is 1.21. The highest BCUT2D eigenvalue weighted by molar-refractivity contribution is 9.10. The first kappa shape index (κ1) is 14.5. The Kier molecular flexibility index (Phi) is 5.40. The topological polar surface area (TPSA) is 29.5 Å². The first-order chi connectivity index (χ1) is 9.20. The maximum Gasteiger partial charge on any atom is 0.226 e. The fourth-order valence-corrected chi connectivity index (χ4v) is 2.84. The molecule has 1 aliphatic heterocycles. The van der Waals surface area contributed by atoms with Gasteiger partial charge in [-0.3, -0.25) is 4.79 Å². The van der Waals surface area contributed by atoms with Gasteiger partial charge < -0.3 is 9.64 Å². The Morgan fingerprint density at radius 3 is 2.79 bits per heavy atom. The molecule has 0 radical (unpaired) electrons. The van der Waals surface area contributed by atoms with Crippen LogP contribution >= 0.6 is 15.9 Å². The number of carbonyl (C=O) groups is 1. The first-order valence-corrected chi connectivity index (χ1v) is 7.61. The minimum atomic E-state index is 0.0763. The van der Waals surface area contributed by atoms with Gasteiger partial charge in [0.1, 0.15) is 0 Å². The van der Waals surface area contributed by atoms with E-state index in [1.165, 1.54) is 5.56 Å². The SMILES string of the molecule is CC[C@H](Cc1cccc(Br)c1)C(=O)N1CCOCC1. The number of hydrogen-bond donors (Lipinski definition) is 0. The van der Waals surface area contributed by atoms with Crippen LogP contribution in [0.1, 0.15) is 18.9 Å². The molecule has 0 N–H and O–H groups in total. The molecular weight excluding hydrogens is 306 g/mol. The zero-order chi connectivity index (χ0) is 13.7. The van der Waals surface area contributed by atoms with Gasteiger partial charge >= 0.3 is 0 Å². The van der Waals surface area contributed by atoms with Crippen LogP contribution in [0.2, 0.25) is 0 Å².